The first-order valence-corrected chi connectivity index (χ1v) is 23.4. The Morgan fingerprint density at radius 2 is 0.650 bits per heavy atom. The minimum Gasteiger partial charge on any atom is -0.383 e. The summed E-state index contributed by atoms with van der Waals surface area (Å²) in [7, 11) is 3.34. The van der Waals surface area contributed by atoms with Crippen molar-refractivity contribution in [2.75, 3.05) is 92.9 Å². The van der Waals surface area contributed by atoms with Gasteiger partial charge in [-0.1, -0.05) is 103 Å². The molecule has 352 valence electrons. The minimum atomic E-state index is 0.161. The predicted octanol–water partition coefficient (Wildman–Crippen LogP) is 4.72. The molecule has 0 aliphatic heterocycles. The van der Waals surface area contributed by atoms with E-state index in [4.69, 9.17) is 43.9 Å². The molecule has 0 bridgehead atoms. The molecule has 0 aliphatic rings. The summed E-state index contributed by atoms with van der Waals surface area (Å²) in [4.78, 5) is 35.6. The van der Waals surface area contributed by atoms with E-state index in [1.54, 1.807) is 14.2 Å². The molecule has 60 heavy (non-hydrogen) atoms. The van der Waals surface area contributed by atoms with Crippen LogP contribution in [-0.2, 0) is 9.47 Å². The van der Waals surface area contributed by atoms with E-state index in [9.17, 15) is 4.79 Å². The number of ether oxygens (including phenoxy) is 2. The van der Waals surface area contributed by atoms with E-state index in [0.29, 0.717) is 51.3 Å². The maximum Gasteiger partial charge on any atom is 0.319 e. The molecule has 0 aliphatic carbocycles. The van der Waals surface area contributed by atoms with Crippen molar-refractivity contribution >= 4 is 29.9 Å². The molecule has 0 aromatic heterocycles. The number of nitrogens with one attached hydrogen (secondary N) is 2. The maximum atomic E-state index is 14.3. The van der Waals surface area contributed by atoms with Crippen LogP contribution in [0.25, 0.3) is 0 Å². The van der Waals surface area contributed by atoms with E-state index in [2.05, 4.69) is 40.4 Å². The lowest BCUT2D eigenvalue weighted by Crippen LogP contribution is -2.45. The fourth-order valence-corrected chi connectivity index (χ4v) is 6.78. The molecule has 17 heteroatoms. The molecule has 0 heterocycles. The van der Waals surface area contributed by atoms with Gasteiger partial charge in [-0.2, -0.15) is 0 Å². The van der Waals surface area contributed by atoms with Gasteiger partial charge in [-0.05, 0) is 51.4 Å². The molecule has 0 atom stereocenters. The van der Waals surface area contributed by atoms with Gasteiger partial charge in [-0.3, -0.25) is 20.0 Å². The standard InChI is InChI=1S/C43H92N14O3/c1-59-37-31-54-41(48)52-29-21-13-5-9-17-25-35-56(33-23-15-7-3-11-19-27-50-39(44)45)43(58)57(34-24-16-8-4-12-20-28-51-40(46)47)36-26-18-10-6-14-22-30-53-42(49)55-32-38-60-2/h3-38H2,1-2H3,(H4,44,45,50)(H4,46,47,51)(H3,48,52,54)(H3,49,53,55). The second-order valence-electron chi connectivity index (χ2n) is 15.7. The molecule has 0 radical (unpaired) electrons. The molecule has 0 fully saturated rings. The number of urea groups is 1. The topological polar surface area (TPSA) is 272 Å². The monoisotopic (exact) mass is 853 g/mol. The number of guanidine groups is 4. The van der Waals surface area contributed by atoms with Crippen LogP contribution >= 0.6 is 0 Å². The lowest BCUT2D eigenvalue weighted by Gasteiger charge is -2.31. The number of unbranched alkanes of at least 4 members (excludes halogenated alkanes) is 20. The number of carbonyl (C=O) groups is 1. The van der Waals surface area contributed by atoms with Crippen molar-refractivity contribution in [3.63, 3.8) is 0 Å². The lowest BCUT2D eigenvalue weighted by molar-refractivity contribution is 0.148. The molecule has 2 amide bonds. The Morgan fingerprint density at radius 1 is 0.400 bits per heavy atom. The largest absolute Gasteiger partial charge is 0.383 e. The molecule has 14 N–H and O–H groups in total. The van der Waals surface area contributed by atoms with E-state index in [1.807, 2.05) is 0 Å². The van der Waals surface area contributed by atoms with Crippen LogP contribution in [0.3, 0.4) is 0 Å². The first-order valence-electron chi connectivity index (χ1n) is 23.4. The second kappa shape index (κ2) is 43.4. The highest BCUT2D eigenvalue weighted by Crippen LogP contribution is 2.15. The Labute approximate surface area is 365 Å². The van der Waals surface area contributed by atoms with Crippen molar-refractivity contribution in [1.29, 1.82) is 0 Å². The summed E-state index contributed by atoms with van der Waals surface area (Å²) in [5.74, 6) is 1.29. The maximum absolute atomic E-state index is 14.3. The van der Waals surface area contributed by atoms with Crippen LogP contribution < -0.4 is 45.0 Å². The first-order chi connectivity index (χ1) is 29.2. The van der Waals surface area contributed by atoms with E-state index >= 15 is 0 Å². The van der Waals surface area contributed by atoms with Gasteiger partial charge in [0.05, 0.1) is 13.2 Å². The molecule has 0 unspecified atom stereocenters. The third kappa shape index (κ3) is 39.7. The zero-order valence-corrected chi connectivity index (χ0v) is 38.3. The third-order valence-electron chi connectivity index (χ3n) is 10.3. The van der Waals surface area contributed by atoms with Crippen molar-refractivity contribution in [2.45, 2.75) is 154 Å². The zero-order chi connectivity index (χ0) is 44.2. The third-order valence-corrected chi connectivity index (χ3v) is 10.3. The highest BCUT2D eigenvalue weighted by atomic mass is 16.5. The summed E-state index contributed by atoms with van der Waals surface area (Å²) in [5.41, 5.74) is 33.7. The Kier molecular flexibility index (Phi) is 40.7. The van der Waals surface area contributed by atoms with Gasteiger partial charge < -0.3 is 64.3 Å². The summed E-state index contributed by atoms with van der Waals surface area (Å²) in [6.45, 7) is 8.63. The van der Waals surface area contributed by atoms with Gasteiger partial charge in [-0.25, -0.2) is 4.79 Å². The number of hydrogen-bond acceptors (Lipinski definition) is 7. The van der Waals surface area contributed by atoms with Crippen molar-refractivity contribution in [2.24, 2.45) is 54.4 Å². The number of nitrogens with two attached hydrogens (primary N) is 6. The molecule has 0 aromatic carbocycles. The summed E-state index contributed by atoms with van der Waals surface area (Å²) in [6.07, 6.45) is 26.4. The first kappa shape index (κ1) is 56.3. The van der Waals surface area contributed by atoms with Gasteiger partial charge in [0.1, 0.15) is 0 Å². The summed E-state index contributed by atoms with van der Waals surface area (Å²) < 4.78 is 10.1. The van der Waals surface area contributed by atoms with Gasteiger partial charge in [0, 0.05) is 79.7 Å². The van der Waals surface area contributed by atoms with Gasteiger partial charge in [0.25, 0.3) is 0 Å². The Hall–Kier alpha value is -3.73. The number of aliphatic imine (C=N–C) groups is 4. The summed E-state index contributed by atoms with van der Waals surface area (Å²) in [5, 5.41) is 6.12. The Morgan fingerprint density at radius 3 is 0.917 bits per heavy atom. The van der Waals surface area contributed by atoms with Gasteiger partial charge >= 0.3 is 6.03 Å². The van der Waals surface area contributed by atoms with Gasteiger partial charge in [0.2, 0.25) is 0 Å². The van der Waals surface area contributed by atoms with Crippen LogP contribution in [-0.4, -0.2) is 133 Å². The molecule has 17 nitrogen and oxygen atoms in total. The number of nitrogens with zero attached hydrogens (tertiary/aromatic N) is 6. The molecule has 0 spiro atoms. The SMILES string of the molecule is COCCNC(N)=NCCCCCCCCN(CCCCCCCCN=C(N)N)C(=O)N(CCCCCCCCN=C(N)N)CCCCCCCCN=C(N)NCCOC. The lowest BCUT2D eigenvalue weighted by atomic mass is 10.1. The number of carbonyl (C=O) groups excluding carboxylic acids is 1. The second-order valence-corrected chi connectivity index (χ2v) is 15.7. The quantitative estimate of drug-likeness (QED) is 0.0236. The average Bonchev–Trinajstić information content (AvgIpc) is 3.22. The van der Waals surface area contributed by atoms with E-state index in [0.717, 1.165) is 193 Å². The molecular weight excluding hydrogens is 761 g/mol. The fourth-order valence-electron chi connectivity index (χ4n) is 6.78. The van der Waals surface area contributed by atoms with E-state index in [1.165, 1.54) is 0 Å². The molecule has 0 saturated carbocycles. The summed E-state index contributed by atoms with van der Waals surface area (Å²) in [6, 6.07) is 0.216. The molecular formula is C43H92N14O3. The van der Waals surface area contributed by atoms with E-state index < -0.39 is 0 Å². The van der Waals surface area contributed by atoms with Crippen molar-refractivity contribution in [3.8, 4) is 0 Å². The van der Waals surface area contributed by atoms with Crippen molar-refractivity contribution < 1.29 is 14.3 Å². The van der Waals surface area contributed by atoms with Crippen LogP contribution in [0.4, 0.5) is 4.79 Å². The number of methoxy groups -OCH3 is 2. The van der Waals surface area contributed by atoms with E-state index in [-0.39, 0.29) is 18.0 Å². The molecule has 0 saturated heterocycles. The van der Waals surface area contributed by atoms with Crippen LogP contribution in [0.2, 0.25) is 0 Å². The van der Waals surface area contributed by atoms with Crippen LogP contribution in [0.1, 0.15) is 154 Å². The molecule has 0 rings (SSSR count). The normalized spacial score (nSPS) is 11.7. The zero-order valence-electron chi connectivity index (χ0n) is 38.3. The summed E-state index contributed by atoms with van der Waals surface area (Å²) >= 11 is 0. The fraction of sp³-hybridized carbons (Fsp3) is 0.884. The predicted molar refractivity (Wildman–Crippen MR) is 253 cm³/mol. The number of amides is 2. The highest BCUT2D eigenvalue weighted by Gasteiger charge is 2.20. The van der Waals surface area contributed by atoms with Crippen LogP contribution in [0, 0.1) is 0 Å². The average molecular weight is 853 g/mol. The van der Waals surface area contributed by atoms with Crippen LogP contribution in [0.15, 0.2) is 20.0 Å². The van der Waals surface area contributed by atoms with Gasteiger partial charge in [0.15, 0.2) is 23.8 Å². The number of hydrogen-bond donors (Lipinski definition) is 8. The Bertz CT molecular complexity index is 1020. The minimum absolute atomic E-state index is 0.161. The Balaban J connectivity index is 5.14. The van der Waals surface area contributed by atoms with Crippen LogP contribution in [0.5, 0.6) is 0 Å². The van der Waals surface area contributed by atoms with Gasteiger partial charge in [-0.15, -0.1) is 0 Å². The molecule has 0 aromatic rings. The smallest absolute Gasteiger partial charge is 0.319 e. The highest BCUT2D eigenvalue weighted by molar-refractivity contribution is 5.78. The number of rotatable bonds is 42. The van der Waals surface area contributed by atoms with Crippen molar-refractivity contribution in [3.05, 3.63) is 0 Å². The van der Waals surface area contributed by atoms with Crippen molar-refractivity contribution in [1.82, 2.24) is 20.4 Å².